The van der Waals surface area contributed by atoms with Crippen molar-refractivity contribution in [3.8, 4) is 0 Å². The minimum atomic E-state index is -1.09. The van der Waals surface area contributed by atoms with E-state index < -0.39 is 17.5 Å². The summed E-state index contributed by atoms with van der Waals surface area (Å²) in [4.78, 5) is 33.2. The van der Waals surface area contributed by atoms with Gasteiger partial charge in [0.1, 0.15) is 11.4 Å². The van der Waals surface area contributed by atoms with Gasteiger partial charge in [-0.25, -0.2) is 4.79 Å². The van der Waals surface area contributed by atoms with E-state index in [9.17, 15) is 14.4 Å². The predicted molar refractivity (Wildman–Crippen MR) is 55.5 cm³/mol. The molecule has 15 heavy (non-hydrogen) atoms. The molecule has 0 atom stereocenters. The highest BCUT2D eigenvalue weighted by Gasteiger charge is 2.28. The third-order valence-electron chi connectivity index (χ3n) is 1.60. The SMILES string of the molecule is CNC(=O)C(C)(C)NC(=O)NC(=O)CCl. The van der Waals surface area contributed by atoms with Crippen molar-refractivity contribution in [3.63, 3.8) is 0 Å². The average molecular weight is 236 g/mol. The number of carbonyl (C=O) groups is 3. The average Bonchev–Trinajstić information content (AvgIpc) is 2.15. The zero-order chi connectivity index (χ0) is 12.1. The van der Waals surface area contributed by atoms with Crippen LogP contribution in [0.15, 0.2) is 0 Å². The lowest BCUT2D eigenvalue weighted by molar-refractivity contribution is -0.125. The molecule has 0 saturated heterocycles. The first-order chi connectivity index (χ1) is 6.83. The van der Waals surface area contributed by atoms with E-state index in [-0.39, 0.29) is 11.8 Å². The molecule has 0 aromatic rings. The summed E-state index contributed by atoms with van der Waals surface area (Å²) in [5.74, 6) is -1.30. The third-order valence-corrected chi connectivity index (χ3v) is 1.84. The van der Waals surface area contributed by atoms with E-state index in [1.165, 1.54) is 20.9 Å². The number of rotatable bonds is 3. The number of urea groups is 1. The maximum atomic E-state index is 11.3. The first-order valence-corrected chi connectivity index (χ1v) is 4.77. The molecule has 0 aliphatic rings. The number of alkyl halides is 1. The molecule has 7 heteroatoms. The summed E-state index contributed by atoms with van der Waals surface area (Å²) >= 11 is 5.19. The van der Waals surface area contributed by atoms with Crippen LogP contribution in [0.2, 0.25) is 0 Å². The van der Waals surface area contributed by atoms with Crippen LogP contribution in [0.1, 0.15) is 13.8 Å². The summed E-state index contributed by atoms with van der Waals surface area (Å²) in [6.07, 6.45) is 0. The van der Waals surface area contributed by atoms with Gasteiger partial charge >= 0.3 is 6.03 Å². The Kier molecular flexibility index (Phi) is 5.07. The highest BCUT2D eigenvalue weighted by atomic mass is 35.5. The fourth-order valence-electron chi connectivity index (χ4n) is 0.844. The van der Waals surface area contributed by atoms with Crippen LogP contribution in [-0.2, 0) is 9.59 Å². The number of hydrogen-bond donors (Lipinski definition) is 3. The Bertz CT molecular complexity index is 278. The number of likely N-dealkylation sites (N-methyl/N-ethyl adjacent to an activating group) is 1. The molecule has 4 amide bonds. The van der Waals surface area contributed by atoms with Crippen LogP contribution >= 0.6 is 11.6 Å². The summed E-state index contributed by atoms with van der Waals surface area (Å²) in [6.45, 7) is 3.02. The van der Waals surface area contributed by atoms with E-state index in [0.717, 1.165) is 0 Å². The molecular formula is C8H14ClN3O3. The Balaban J connectivity index is 4.28. The lowest BCUT2D eigenvalue weighted by atomic mass is 10.1. The smallest absolute Gasteiger partial charge is 0.322 e. The second-order valence-corrected chi connectivity index (χ2v) is 3.61. The minimum absolute atomic E-state index is 0.312. The second-order valence-electron chi connectivity index (χ2n) is 3.34. The van der Waals surface area contributed by atoms with Crippen molar-refractivity contribution < 1.29 is 14.4 Å². The van der Waals surface area contributed by atoms with Crippen LogP contribution in [-0.4, -0.2) is 36.3 Å². The maximum Gasteiger partial charge on any atom is 0.322 e. The van der Waals surface area contributed by atoms with Crippen LogP contribution in [0.25, 0.3) is 0 Å². The van der Waals surface area contributed by atoms with Crippen molar-refractivity contribution in [1.29, 1.82) is 0 Å². The molecule has 0 unspecified atom stereocenters. The van der Waals surface area contributed by atoms with Gasteiger partial charge in [-0.2, -0.15) is 0 Å². The molecule has 0 spiro atoms. The van der Waals surface area contributed by atoms with Gasteiger partial charge in [0.2, 0.25) is 11.8 Å². The van der Waals surface area contributed by atoms with E-state index in [1.54, 1.807) is 0 Å². The largest absolute Gasteiger partial charge is 0.357 e. The molecule has 0 aliphatic carbocycles. The molecule has 6 nitrogen and oxygen atoms in total. The van der Waals surface area contributed by atoms with Crippen LogP contribution in [0.4, 0.5) is 4.79 Å². The first-order valence-electron chi connectivity index (χ1n) is 4.23. The third kappa shape index (κ3) is 4.64. The Labute approximate surface area is 92.7 Å². The predicted octanol–water partition coefficient (Wildman–Crippen LogP) is -0.424. The van der Waals surface area contributed by atoms with Crippen molar-refractivity contribution in [2.45, 2.75) is 19.4 Å². The van der Waals surface area contributed by atoms with Gasteiger partial charge < -0.3 is 10.6 Å². The molecule has 0 radical (unpaired) electrons. The van der Waals surface area contributed by atoms with Gasteiger partial charge in [0.15, 0.2) is 0 Å². The Hall–Kier alpha value is -1.30. The van der Waals surface area contributed by atoms with Crippen molar-refractivity contribution in [1.82, 2.24) is 16.0 Å². The van der Waals surface area contributed by atoms with E-state index in [4.69, 9.17) is 11.6 Å². The standard InChI is InChI=1S/C8H14ClN3O3/c1-8(2,6(14)10-3)12-7(15)11-5(13)4-9/h4H2,1-3H3,(H,10,14)(H2,11,12,13,15). The highest BCUT2D eigenvalue weighted by molar-refractivity contribution is 6.28. The number of nitrogens with one attached hydrogen (secondary N) is 3. The van der Waals surface area contributed by atoms with Crippen LogP contribution in [0.5, 0.6) is 0 Å². The molecule has 0 aliphatic heterocycles. The zero-order valence-corrected chi connectivity index (χ0v) is 9.57. The van der Waals surface area contributed by atoms with E-state index in [0.29, 0.717) is 0 Å². The van der Waals surface area contributed by atoms with Gasteiger partial charge in [-0.15, -0.1) is 11.6 Å². The summed E-state index contributed by atoms with van der Waals surface area (Å²) in [5.41, 5.74) is -1.09. The van der Waals surface area contributed by atoms with Crippen LogP contribution in [0, 0.1) is 0 Å². The molecule has 0 aromatic heterocycles. The van der Waals surface area contributed by atoms with E-state index in [2.05, 4.69) is 10.6 Å². The van der Waals surface area contributed by atoms with Gasteiger partial charge in [-0.05, 0) is 13.8 Å². The Morgan fingerprint density at radius 3 is 2.20 bits per heavy atom. The summed E-state index contributed by atoms with van der Waals surface area (Å²) < 4.78 is 0. The molecule has 86 valence electrons. The van der Waals surface area contributed by atoms with Gasteiger partial charge in [0.25, 0.3) is 0 Å². The minimum Gasteiger partial charge on any atom is -0.357 e. The molecule has 0 fully saturated rings. The molecule has 0 bridgehead atoms. The first kappa shape index (κ1) is 13.7. The molecule has 0 heterocycles. The second kappa shape index (κ2) is 5.55. The van der Waals surface area contributed by atoms with Crippen LogP contribution < -0.4 is 16.0 Å². The molecule has 3 N–H and O–H groups in total. The summed E-state index contributed by atoms with van der Waals surface area (Å²) in [6, 6.07) is -0.755. The number of halogens is 1. The fraction of sp³-hybridized carbons (Fsp3) is 0.625. The lowest BCUT2D eigenvalue weighted by Gasteiger charge is -2.23. The van der Waals surface area contributed by atoms with Crippen molar-refractivity contribution in [2.75, 3.05) is 12.9 Å². The maximum absolute atomic E-state index is 11.3. The van der Waals surface area contributed by atoms with Gasteiger partial charge in [0.05, 0.1) is 0 Å². The normalized spacial score (nSPS) is 10.4. The van der Waals surface area contributed by atoms with E-state index >= 15 is 0 Å². The van der Waals surface area contributed by atoms with Gasteiger partial charge in [0, 0.05) is 7.05 Å². The van der Waals surface area contributed by atoms with E-state index in [1.807, 2.05) is 5.32 Å². The molecule has 0 saturated carbocycles. The topological polar surface area (TPSA) is 87.3 Å². The van der Waals surface area contributed by atoms with Gasteiger partial charge in [-0.1, -0.05) is 0 Å². The fourth-order valence-corrected chi connectivity index (χ4v) is 0.911. The lowest BCUT2D eigenvalue weighted by Crippen LogP contribution is -2.57. The molecule has 0 rings (SSSR count). The summed E-state index contributed by atoms with van der Waals surface area (Å²) in [7, 11) is 1.45. The van der Waals surface area contributed by atoms with Crippen molar-refractivity contribution in [3.05, 3.63) is 0 Å². The quantitative estimate of drug-likeness (QED) is 0.581. The monoisotopic (exact) mass is 235 g/mol. The molecular weight excluding hydrogens is 222 g/mol. The number of carbonyl (C=O) groups excluding carboxylic acids is 3. The van der Waals surface area contributed by atoms with Gasteiger partial charge in [-0.3, -0.25) is 14.9 Å². The van der Waals surface area contributed by atoms with Crippen LogP contribution in [0.3, 0.4) is 0 Å². The van der Waals surface area contributed by atoms with Crippen molar-refractivity contribution >= 4 is 29.4 Å². The Morgan fingerprint density at radius 1 is 1.27 bits per heavy atom. The van der Waals surface area contributed by atoms with Crippen molar-refractivity contribution in [2.24, 2.45) is 0 Å². The number of imide groups is 1. The number of amides is 4. The summed E-state index contributed by atoms with van der Waals surface area (Å²) in [5, 5.41) is 6.68. The highest BCUT2D eigenvalue weighted by Crippen LogP contribution is 2.00. The number of hydrogen-bond acceptors (Lipinski definition) is 3. The molecule has 0 aromatic carbocycles. The Morgan fingerprint density at radius 2 is 1.80 bits per heavy atom. The zero-order valence-electron chi connectivity index (χ0n) is 8.81.